The van der Waals surface area contributed by atoms with Gasteiger partial charge in [-0.3, -0.25) is 9.97 Å². The minimum absolute atomic E-state index is 0.262. The molecule has 3 nitrogen and oxygen atoms in total. The number of nitrogens with zero attached hydrogens (tertiary/aromatic N) is 2. The zero-order valence-corrected chi connectivity index (χ0v) is 21.9. The number of pyridine rings is 2. The normalized spacial score (nSPS) is 14.2. The average molecular weight is 459 g/mol. The van der Waals surface area contributed by atoms with Crippen LogP contribution in [-0.2, 0) is 23.7 Å². The van der Waals surface area contributed by atoms with E-state index in [0.29, 0.717) is 0 Å². The Morgan fingerprint density at radius 1 is 0.879 bits per heavy atom. The lowest BCUT2D eigenvalue weighted by Gasteiger charge is -2.36. The first-order chi connectivity index (χ1) is 15.7. The van der Waals surface area contributed by atoms with Crippen molar-refractivity contribution in [1.82, 2.24) is 9.97 Å². The van der Waals surface area contributed by atoms with E-state index < -0.39 is 8.32 Å². The first-order valence-electron chi connectivity index (χ1n) is 12.4. The Labute approximate surface area is 200 Å². The molecule has 0 atom stereocenters. The summed E-state index contributed by atoms with van der Waals surface area (Å²) in [6.45, 7) is 12.3. The van der Waals surface area contributed by atoms with Gasteiger partial charge in [0.25, 0.3) is 0 Å². The summed E-state index contributed by atoms with van der Waals surface area (Å²) in [5, 5.41) is 0.262. The molecular weight excluding hydrogens is 420 g/mol. The van der Waals surface area contributed by atoms with Crippen LogP contribution in [0.1, 0.15) is 56.9 Å². The largest absolute Gasteiger partial charge is 0.417 e. The summed E-state index contributed by atoms with van der Waals surface area (Å²) in [6, 6.07) is 13.5. The van der Waals surface area contributed by atoms with Gasteiger partial charge in [0.1, 0.15) is 0 Å². The molecule has 1 aliphatic carbocycles. The van der Waals surface area contributed by atoms with Crippen molar-refractivity contribution in [2.45, 2.75) is 77.4 Å². The Morgan fingerprint density at radius 3 is 2.36 bits per heavy atom. The van der Waals surface area contributed by atoms with Gasteiger partial charge >= 0.3 is 0 Å². The smallest absolute Gasteiger partial charge is 0.191 e. The molecule has 2 heterocycles. The Morgan fingerprint density at radius 2 is 1.64 bits per heavy atom. The molecule has 174 valence electrons. The molecule has 33 heavy (non-hydrogen) atoms. The first kappa shape index (κ1) is 23.8. The van der Waals surface area contributed by atoms with Gasteiger partial charge in [0.05, 0.1) is 0 Å². The summed E-state index contributed by atoms with van der Waals surface area (Å²) in [7, 11) is -1.66. The van der Waals surface area contributed by atoms with Crippen LogP contribution in [0.5, 0.6) is 0 Å². The van der Waals surface area contributed by atoms with Crippen molar-refractivity contribution >= 4 is 8.32 Å². The van der Waals surface area contributed by atoms with Crippen LogP contribution in [0.3, 0.4) is 0 Å². The maximum atomic E-state index is 6.31. The van der Waals surface area contributed by atoms with Gasteiger partial charge in [0.15, 0.2) is 8.32 Å². The van der Waals surface area contributed by atoms with Crippen LogP contribution in [-0.4, -0.2) is 24.9 Å². The molecule has 1 aromatic carbocycles. The number of hydrogen-bond acceptors (Lipinski definition) is 3. The fourth-order valence-electron chi connectivity index (χ4n) is 4.30. The quantitative estimate of drug-likeness (QED) is 0.281. The number of hydrogen-bond donors (Lipinski definition) is 0. The van der Waals surface area contributed by atoms with Gasteiger partial charge < -0.3 is 4.43 Å². The molecule has 0 fully saturated rings. The molecule has 0 saturated heterocycles. The first-order valence-corrected chi connectivity index (χ1v) is 15.3. The molecule has 0 spiro atoms. The summed E-state index contributed by atoms with van der Waals surface area (Å²) in [5.74, 6) is 0. The second-order valence-corrected chi connectivity index (χ2v) is 15.7. The molecule has 0 amide bonds. The van der Waals surface area contributed by atoms with Crippen LogP contribution < -0.4 is 0 Å². The molecule has 0 unspecified atom stereocenters. The Hall–Kier alpha value is -2.30. The standard InChI is InChI=1S/C29H38N2OSi/c1-29(2,3)33(4,5)32-18-8-11-26-14-12-25(20-31-26)23-13-15-27-24(19-23)10-7-6-9-22-16-17-30-21-28(22)27/h12-17,19-21H,6-11,18H2,1-5H3. The number of rotatable bonds is 6. The second kappa shape index (κ2) is 9.90. The van der Waals surface area contributed by atoms with Gasteiger partial charge in [-0.15, -0.1) is 0 Å². The third kappa shape index (κ3) is 5.61. The molecule has 0 N–H and O–H groups in total. The monoisotopic (exact) mass is 458 g/mol. The van der Waals surface area contributed by atoms with E-state index in [4.69, 9.17) is 9.41 Å². The van der Waals surface area contributed by atoms with Crippen molar-refractivity contribution in [3.63, 3.8) is 0 Å². The van der Waals surface area contributed by atoms with Gasteiger partial charge in [-0.1, -0.05) is 45.0 Å². The SMILES string of the molecule is CC(C)(C)[Si](C)(C)OCCCc1ccc(-c2ccc3c(c2)CCCCc2ccncc2-3)cn1. The maximum absolute atomic E-state index is 6.31. The summed E-state index contributed by atoms with van der Waals surface area (Å²) in [6.07, 6.45) is 12.7. The Balaban J connectivity index is 1.43. The maximum Gasteiger partial charge on any atom is 0.191 e. The lowest BCUT2D eigenvalue weighted by molar-refractivity contribution is 0.282. The fourth-order valence-corrected chi connectivity index (χ4v) is 5.39. The highest BCUT2D eigenvalue weighted by molar-refractivity contribution is 6.74. The highest BCUT2D eigenvalue weighted by Gasteiger charge is 2.36. The van der Waals surface area contributed by atoms with Gasteiger partial charge in [0, 0.05) is 42.0 Å². The molecule has 4 heteroatoms. The van der Waals surface area contributed by atoms with Crippen LogP contribution >= 0.6 is 0 Å². The molecule has 0 aliphatic heterocycles. The van der Waals surface area contributed by atoms with E-state index in [2.05, 4.69) is 75.2 Å². The van der Waals surface area contributed by atoms with Crippen molar-refractivity contribution in [2.75, 3.05) is 6.61 Å². The molecule has 0 radical (unpaired) electrons. The molecule has 0 bridgehead atoms. The van der Waals surface area contributed by atoms with Gasteiger partial charge in [-0.25, -0.2) is 0 Å². The topological polar surface area (TPSA) is 35.0 Å². The van der Waals surface area contributed by atoms with Crippen molar-refractivity contribution in [3.05, 3.63) is 71.8 Å². The summed E-state index contributed by atoms with van der Waals surface area (Å²) in [4.78, 5) is 9.16. The Kier molecular flexibility index (Phi) is 7.15. The third-order valence-electron chi connectivity index (χ3n) is 7.45. The molecule has 3 aromatic rings. The van der Waals surface area contributed by atoms with E-state index in [-0.39, 0.29) is 5.04 Å². The van der Waals surface area contributed by atoms with E-state index in [9.17, 15) is 0 Å². The van der Waals surface area contributed by atoms with Gasteiger partial charge in [-0.2, -0.15) is 0 Å². The third-order valence-corrected chi connectivity index (χ3v) is 12.0. The number of aryl methyl sites for hydroxylation is 3. The minimum Gasteiger partial charge on any atom is -0.417 e. The molecule has 0 saturated carbocycles. The highest BCUT2D eigenvalue weighted by Crippen LogP contribution is 2.37. The predicted molar refractivity (Wildman–Crippen MR) is 141 cm³/mol. The second-order valence-electron chi connectivity index (χ2n) is 10.9. The molecular formula is C29H38N2OSi. The van der Waals surface area contributed by atoms with Crippen LogP contribution in [0.25, 0.3) is 22.3 Å². The summed E-state index contributed by atoms with van der Waals surface area (Å²) >= 11 is 0. The van der Waals surface area contributed by atoms with Gasteiger partial charge in [0.2, 0.25) is 0 Å². The molecule has 1 aliphatic rings. The van der Waals surface area contributed by atoms with Crippen molar-refractivity contribution in [2.24, 2.45) is 0 Å². The number of benzene rings is 1. The fraction of sp³-hybridized carbons (Fsp3) is 0.448. The predicted octanol–water partition coefficient (Wildman–Crippen LogP) is 7.64. The van der Waals surface area contributed by atoms with Crippen molar-refractivity contribution in [1.29, 1.82) is 0 Å². The van der Waals surface area contributed by atoms with Crippen molar-refractivity contribution in [3.8, 4) is 22.3 Å². The van der Waals surface area contributed by atoms with E-state index in [1.54, 1.807) is 0 Å². The molecule has 2 aromatic heterocycles. The average Bonchev–Trinajstić information content (AvgIpc) is 2.78. The zero-order chi connectivity index (χ0) is 23.5. The van der Waals surface area contributed by atoms with E-state index in [0.717, 1.165) is 38.0 Å². The number of aromatic nitrogens is 2. The van der Waals surface area contributed by atoms with Crippen LogP contribution in [0.15, 0.2) is 55.0 Å². The minimum atomic E-state index is -1.66. The van der Waals surface area contributed by atoms with E-state index >= 15 is 0 Å². The van der Waals surface area contributed by atoms with Gasteiger partial charge in [-0.05, 0) is 91.0 Å². The van der Waals surface area contributed by atoms with Crippen LogP contribution in [0, 0.1) is 0 Å². The number of fused-ring (bicyclic) bond motifs is 3. The summed E-state index contributed by atoms with van der Waals surface area (Å²) < 4.78 is 6.31. The van der Waals surface area contributed by atoms with E-state index in [1.165, 1.54) is 46.2 Å². The lowest BCUT2D eigenvalue weighted by atomic mass is 9.87. The summed E-state index contributed by atoms with van der Waals surface area (Å²) in [5.41, 5.74) is 9.06. The zero-order valence-electron chi connectivity index (χ0n) is 20.9. The van der Waals surface area contributed by atoms with Crippen molar-refractivity contribution < 1.29 is 4.43 Å². The molecule has 4 rings (SSSR count). The van der Waals surface area contributed by atoms with Crippen LogP contribution in [0.2, 0.25) is 18.1 Å². The highest BCUT2D eigenvalue weighted by atomic mass is 28.4. The van der Waals surface area contributed by atoms with E-state index in [1.807, 2.05) is 18.6 Å². The van der Waals surface area contributed by atoms with Crippen LogP contribution in [0.4, 0.5) is 0 Å². The Bertz CT molecular complexity index is 1080. The lowest BCUT2D eigenvalue weighted by Crippen LogP contribution is -2.41.